The monoisotopic (exact) mass is 251 g/mol. The Labute approximate surface area is 113 Å². The Balaban J connectivity index is 1.64. The van der Waals surface area contributed by atoms with E-state index in [4.69, 9.17) is 9.47 Å². The Hall–Kier alpha value is -1.96. The minimum Gasteiger partial charge on any atom is -0.493 e. The van der Waals surface area contributed by atoms with Crippen LogP contribution in [-0.4, -0.2) is 6.61 Å². The molecule has 0 spiro atoms. The quantitative estimate of drug-likeness (QED) is 0.772. The van der Waals surface area contributed by atoms with E-state index in [1.165, 1.54) is 16.7 Å². The Bertz CT molecular complexity index is 618. The molecule has 2 nitrogen and oxygen atoms in total. The highest BCUT2D eigenvalue weighted by atomic mass is 16.5. The van der Waals surface area contributed by atoms with Crippen LogP contribution in [0.1, 0.15) is 29.2 Å². The van der Waals surface area contributed by atoms with Crippen molar-refractivity contribution in [2.24, 2.45) is 0 Å². The maximum absolute atomic E-state index is 6.12. The topological polar surface area (TPSA) is 18.5 Å². The van der Waals surface area contributed by atoms with Gasteiger partial charge >= 0.3 is 0 Å². The lowest BCUT2D eigenvalue weighted by atomic mass is 9.96. The molecule has 2 aliphatic rings. The second-order valence-corrected chi connectivity index (χ2v) is 5.14. The molecule has 19 heavy (non-hydrogen) atoms. The highest BCUT2D eigenvalue weighted by molar-refractivity contribution is 5.42. The molecule has 0 bridgehead atoms. The number of benzene rings is 2. The molecule has 2 heteroatoms. The van der Waals surface area contributed by atoms with Crippen LogP contribution < -0.4 is 9.47 Å². The Kier molecular flexibility index (Phi) is 2.47. The Morgan fingerprint density at radius 2 is 2.05 bits per heavy atom. The molecule has 1 atom stereocenters. The van der Waals surface area contributed by atoms with Gasteiger partial charge in [-0.05, 0) is 59.9 Å². The molecular formula is C17H15O2. The summed E-state index contributed by atoms with van der Waals surface area (Å²) in [5.74, 6) is 2.04. The fraction of sp³-hybridized carbons (Fsp3) is 0.294. The minimum absolute atomic E-state index is 0.167. The molecule has 0 aromatic heterocycles. The molecule has 4 rings (SSSR count). The lowest BCUT2D eigenvalue weighted by Gasteiger charge is -2.26. The van der Waals surface area contributed by atoms with Gasteiger partial charge in [0.2, 0.25) is 0 Å². The zero-order valence-corrected chi connectivity index (χ0v) is 10.7. The zero-order chi connectivity index (χ0) is 12.7. The summed E-state index contributed by atoms with van der Waals surface area (Å²) < 4.78 is 11.7. The fourth-order valence-corrected chi connectivity index (χ4v) is 2.90. The van der Waals surface area contributed by atoms with Gasteiger partial charge < -0.3 is 9.47 Å². The number of rotatable bonds is 1. The number of hydrogen-bond acceptors (Lipinski definition) is 2. The van der Waals surface area contributed by atoms with Gasteiger partial charge in [0.15, 0.2) is 0 Å². The lowest BCUT2D eigenvalue weighted by Crippen LogP contribution is -2.15. The van der Waals surface area contributed by atoms with Crippen LogP contribution in [0.5, 0.6) is 11.5 Å². The van der Waals surface area contributed by atoms with Gasteiger partial charge in [-0.2, -0.15) is 0 Å². The van der Waals surface area contributed by atoms with E-state index in [0.29, 0.717) is 0 Å². The van der Waals surface area contributed by atoms with Crippen molar-refractivity contribution in [2.45, 2.75) is 25.4 Å². The van der Waals surface area contributed by atoms with Gasteiger partial charge in [0.25, 0.3) is 0 Å². The van der Waals surface area contributed by atoms with E-state index in [2.05, 4.69) is 24.3 Å². The van der Waals surface area contributed by atoms with Crippen LogP contribution in [0.3, 0.4) is 0 Å². The summed E-state index contributed by atoms with van der Waals surface area (Å²) in [6.07, 6.45) is 3.28. The molecule has 1 unspecified atom stereocenters. The van der Waals surface area contributed by atoms with Crippen molar-refractivity contribution in [1.29, 1.82) is 0 Å². The second-order valence-electron chi connectivity index (χ2n) is 5.14. The van der Waals surface area contributed by atoms with E-state index in [0.717, 1.165) is 37.4 Å². The fourth-order valence-electron chi connectivity index (χ4n) is 2.90. The van der Waals surface area contributed by atoms with Crippen molar-refractivity contribution in [3.05, 3.63) is 59.2 Å². The van der Waals surface area contributed by atoms with E-state index in [9.17, 15) is 0 Å². The van der Waals surface area contributed by atoms with Gasteiger partial charge in [0.05, 0.1) is 6.61 Å². The molecule has 95 valence electrons. The number of fused-ring (bicyclic) bond motifs is 2. The molecule has 0 amide bonds. The highest BCUT2D eigenvalue weighted by Crippen LogP contribution is 2.36. The molecule has 0 aliphatic carbocycles. The van der Waals surface area contributed by atoms with Crippen LogP contribution in [-0.2, 0) is 12.8 Å². The van der Waals surface area contributed by atoms with Gasteiger partial charge in [-0.25, -0.2) is 0 Å². The van der Waals surface area contributed by atoms with Gasteiger partial charge in [-0.15, -0.1) is 0 Å². The minimum atomic E-state index is 0.167. The molecule has 2 aliphatic heterocycles. The normalized spacial score (nSPS) is 20.1. The predicted molar refractivity (Wildman–Crippen MR) is 72.6 cm³/mol. The van der Waals surface area contributed by atoms with Crippen molar-refractivity contribution in [3.63, 3.8) is 0 Å². The molecular weight excluding hydrogens is 236 g/mol. The molecule has 0 fully saturated rings. The Morgan fingerprint density at radius 3 is 3.05 bits per heavy atom. The first kappa shape index (κ1) is 10.9. The van der Waals surface area contributed by atoms with Crippen LogP contribution >= 0.6 is 0 Å². The summed E-state index contributed by atoms with van der Waals surface area (Å²) in [7, 11) is 0. The van der Waals surface area contributed by atoms with Crippen molar-refractivity contribution in [3.8, 4) is 11.5 Å². The van der Waals surface area contributed by atoms with E-state index in [-0.39, 0.29) is 6.10 Å². The summed E-state index contributed by atoms with van der Waals surface area (Å²) in [6.45, 7) is 0.809. The zero-order valence-electron chi connectivity index (χ0n) is 10.7. The molecule has 0 saturated heterocycles. The first-order valence-corrected chi connectivity index (χ1v) is 6.81. The van der Waals surface area contributed by atoms with Crippen molar-refractivity contribution in [2.75, 3.05) is 6.61 Å². The van der Waals surface area contributed by atoms with Gasteiger partial charge in [-0.3, -0.25) is 0 Å². The predicted octanol–water partition coefficient (Wildman–Crippen LogP) is 3.49. The average molecular weight is 251 g/mol. The first-order valence-electron chi connectivity index (χ1n) is 6.81. The van der Waals surface area contributed by atoms with Crippen LogP contribution in [0.4, 0.5) is 0 Å². The average Bonchev–Trinajstić information content (AvgIpc) is 2.94. The third kappa shape index (κ3) is 1.88. The number of ether oxygens (including phenoxy) is 2. The SMILES string of the molecule is [c]1ccc2c(c1)CCC(c1ccc3c(c1)CCO3)O2. The molecule has 2 aromatic rings. The van der Waals surface area contributed by atoms with Crippen molar-refractivity contribution in [1.82, 2.24) is 0 Å². The summed E-state index contributed by atoms with van der Waals surface area (Å²) in [6, 6.07) is 15.5. The van der Waals surface area contributed by atoms with Crippen LogP contribution in [0.25, 0.3) is 0 Å². The van der Waals surface area contributed by atoms with Crippen LogP contribution in [0, 0.1) is 6.07 Å². The standard InChI is InChI=1S/C17H15O2/c1-2-4-16-12(3-1)5-8-17(19-16)13-6-7-15-14(11-13)9-10-18-15/h2-4,6-7,11,17H,5,8-10H2. The van der Waals surface area contributed by atoms with E-state index >= 15 is 0 Å². The Morgan fingerprint density at radius 1 is 1.05 bits per heavy atom. The molecule has 0 N–H and O–H groups in total. The molecule has 2 heterocycles. The molecule has 0 saturated carbocycles. The molecule has 1 radical (unpaired) electrons. The molecule has 2 aromatic carbocycles. The summed E-state index contributed by atoms with van der Waals surface area (Å²) in [5, 5.41) is 0. The summed E-state index contributed by atoms with van der Waals surface area (Å²) >= 11 is 0. The van der Waals surface area contributed by atoms with Crippen molar-refractivity contribution >= 4 is 0 Å². The van der Waals surface area contributed by atoms with Crippen molar-refractivity contribution < 1.29 is 9.47 Å². The van der Waals surface area contributed by atoms with Crippen LogP contribution in [0.2, 0.25) is 0 Å². The number of aryl methyl sites for hydroxylation is 1. The lowest BCUT2D eigenvalue weighted by molar-refractivity contribution is 0.176. The largest absolute Gasteiger partial charge is 0.493 e. The number of hydrogen-bond donors (Lipinski definition) is 0. The van der Waals surface area contributed by atoms with Gasteiger partial charge in [-0.1, -0.05) is 12.1 Å². The van der Waals surface area contributed by atoms with E-state index in [1.807, 2.05) is 18.2 Å². The maximum Gasteiger partial charge on any atom is 0.124 e. The third-order valence-corrected chi connectivity index (χ3v) is 3.94. The van der Waals surface area contributed by atoms with Gasteiger partial charge in [0.1, 0.15) is 17.6 Å². The maximum atomic E-state index is 6.12. The smallest absolute Gasteiger partial charge is 0.124 e. The summed E-state index contributed by atoms with van der Waals surface area (Å²) in [4.78, 5) is 0. The first-order chi connectivity index (χ1) is 9.40. The van der Waals surface area contributed by atoms with Crippen LogP contribution in [0.15, 0.2) is 36.4 Å². The second kappa shape index (κ2) is 4.30. The van der Waals surface area contributed by atoms with Gasteiger partial charge in [0, 0.05) is 6.42 Å². The van der Waals surface area contributed by atoms with E-state index < -0.39 is 0 Å². The third-order valence-electron chi connectivity index (χ3n) is 3.94. The summed E-state index contributed by atoms with van der Waals surface area (Å²) in [5.41, 5.74) is 3.85. The highest BCUT2D eigenvalue weighted by Gasteiger charge is 2.22. The van der Waals surface area contributed by atoms with E-state index in [1.54, 1.807) is 0 Å².